The normalized spacial score (nSPS) is 25.5. The van der Waals surface area contributed by atoms with Crippen LogP contribution in [-0.2, 0) is 15.1 Å². The number of aromatic nitrogens is 3. The van der Waals surface area contributed by atoms with Gasteiger partial charge >= 0.3 is 0 Å². The molecule has 2 saturated heterocycles. The second-order valence-corrected chi connectivity index (χ2v) is 10.0. The molecule has 2 bridgehead atoms. The molecule has 5 heterocycles. The van der Waals surface area contributed by atoms with Crippen molar-refractivity contribution < 1.29 is 24.1 Å². The summed E-state index contributed by atoms with van der Waals surface area (Å²) < 4.78 is 26.4. The largest absolute Gasteiger partial charge is 0.386 e. The molecule has 170 valence electrons. The average molecular weight is 481 g/mol. The fraction of sp³-hybridized carbons (Fsp3) is 0.476. The average Bonchev–Trinajstić information content (AvgIpc) is 3.29. The van der Waals surface area contributed by atoms with E-state index in [0.29, 0.717) is 38.7 Å². The highest BCUT2D eigenvalue weighted by Gasteiger charge is 2.43. The third-order valence-corrected chi connectivity index (χ3v) is 7.60. The molecule has 32 heavy (non-hydrogen) atoms. The van der Waals surface area contributed by atoms with Crippen LogP contribution in [0.5, 0.6) is 0 Å². The molecule has 2 aliphatic heterocycles. The first-order chi connectivity index (χ1) is 15.1. The van der Waals surface area contributed by atoms with E-state index in [-0.39, 0.29) is 23.8 Å². The molecule has 5 rings (SSSR count). The quantitative estimate of drug-likeness (QED) is 0.521. The molecule has 2 fully saturated rings. The Labute approximate surface area is 192 Å². The van der Waals surface area contributed by atoms with Crippen LogP contribution in [0.25, 0.3) is 20.8 Å². The van der Waals surface area contributed by atoms with Crippen LogP contribution in [0.15, 0.2) is 12.4 Å². The Morgan fingerprint density at radius 2 is 2.09 bits per heavy atom. The number of nitrogens with zero attached hydrogens (tertiary/aromatic N) is 3. The van der Waals surface area contributed by atoms with Crippen molar-refractivity contribution in [2.45, 2.75) is 57.3 Å². The fourth-order valence-electron chi connectivity index (χ4n) is 4.06. The Hall–Kier alpha value is -1.95. The maximum absolute atomic E-state index is 14.8. The molecule has 3 N–H and O–H groups in total. The lowest BCUT2D eigenvalue weighted by Crippen LogP contribution is -2.48. The van der Waals surface area contributed by atoms with Crippen molar-refractivity contribution in [3.63, 3.8) is 0 Å². The SMILES string of the molecule is Cc1c(-c2nc(N[C@@H]3C[C@H]4CO[C@H](O4)[C@H]3O)ncc2F)sc2c(Cl)c(C(C)(C)O)cnc12. The van der Waals surface area contributed by atoms with Crippen LogP contribution in [0.4, 0.5) is 10.3 Å². The van der Waals surface area contributed by atoms with Crippen LogP contribution < -0.4 is 5.32 Å². The molecule has 0 amide bonds. The van der Waals surface area contributed by atoms with Gasteiger partial charge in [-0.3, -0.25) is 4.98 Å². The summed E-state index contributed by atoms with van der Waals surface area (Å²) in [6.45, 7) is 5.52. The predicted molar refractivity (Wildman–Crippen MR) is 118 cm³/mol. The van der Waals surface area contributed by atoms with Crippen molar-refractivity contribution in [3.8, 4) is 10.6 Å². The van der Waals surface area contributed by atoms with Gasteiger partial charge in [-0.15, -0.1) is 11.3 Å². The zero-order chi connectivity index (χ0) is 22.8. The zero-order valence-corrected chi connectivity index (χ0v) is 19.2. The smallest absolute Gasteiger partial charge is 0.223 e. The lowest BCUT2D eigenvalue weighted by molar-refractivity contribution is -0.156. The standard InChI is InChI=1S/C21H22ClFN4O4S/c1-8-14-18(13(22)10(5-24-14)21(2,3)29)32-17(8)15-11(23)6-25-20(27-15)26-12-4-9-7-30-19(31-9)16(12)28/h5-6,9,12,16,19,28-29H,4,7H2,1-3H3,(H,25,26,27)/t9-,12+,16-,19+/m0/s1. The van der Waals surface area contributed by atoms with Crippen molar-refractivity contribution >= 4 is 39.1 Å². The highest BCUT2D eigenvalue weighted by molar-refractivity contribution is 7.23. The number of rotatable bonds is 4. The molecular weight excluding hydrogens is 459 g/mol. The molecular formula is C21H22ClFN4O4S. The molecule has 0 radical (unpaired) electrons. The van der Waals surface area contributed by atoms with E-state index < -0.39 is 23.8 Å². The second kappa shape index (κ2) is 7.82. The number of nitrogens with one attached hydrogen (secondary N) is 1. The van der Waals surface area contributed by atoms with Crippen LogP contribution in [-0.4, -0.2) is 56.3 Å². The van der Waals surface area contributed by atoms with Crippen LogP contribution in [0, 0.1) is 12.7 Å². The first-order valence-corrected chi connectivity index (χ1v) is 11.4. The summed E-state index contributed by atoms with van der Waals surface area (Å²) in [4.78, 5) is 13.5. The monoisotopic (exact) mass is 480 g/mol. The van der Waals surface area contributed by atoms with Gasteiger partial charge in [0.2, 0.25) is 5.95 Å². The van der Waals surface area contributed by atoms with E-state index in [4.69, 9.17) is 21.1 Å². The van der Waals surface area contributed by atoms with Crippen molar-refractivity contribution in [2.75, 3.05) is 11.9 Å². The minimum atomic E-state index is -1.17. The molecule has 8 nitrogen and oxygen atoms in total. The number of anilines is 1. The summed E-state index contributed by atoms with van der Waals surface area (Å²) in [5.74, 6) is -0.389. The molecule has 0 aliphatic carbocycles. The van der Waals surface area contributed by atoms with Crippen LogP contribution >= 0.6 is 22.9 Å². The van der Waals surface area contributed by atoms with Gasteiger partial charge in [-0.1, -0.05) is 11.6 Å². The number of hydrogen-bond donors (Lipinski definition) is 3. The first-order valence-electron chi connectivity index (χ1n) is 10.2. The second-order valence-electron chi connectivity index (χ2n) is 8.61. The van der Waals surface area contributed by atoms with E-state index in [1.54, 1.807) is 20.0 Å². The maximum Gasteiger partial charge on any atom is 0.223 e. The molecule has 3 aromatic rings. The molecule has 11 heteroatoms. The van der Waals surface area contributed by atoms with Gasteiger partial charge in [0, 0.05) is 11.8 Å². The minimum absolute atomic E-state index is 0.108. The van der Waals surface area contributed by atoms with E-state index >= 15 is 0 Å². The number of halogens is 2. The number of hydrogen-bond acceptors (Lipinski definition) is 9. The highest BCUT2D eigenvalue weighted by Crippen LogP contribution is 2.43. The van der Waals surface area contributed by atoms with E-state index in [9.17, 15) is 14.6 Å². The Bertz CT molecular complexity index is 1200. The molecule has 3 aromatic heterocycles. The van der Waals surface area contributed by atoms with Crippen LogP contribution in [0.3, 0.4) is 0 Å². The number of thiophene rings is 1. The first kappa shape index (κ1) is 21.9. The Kier molecular flexibility index (Phi) is 5.35. The third kappa shape index (κ3) is 3.64. The van der Waals surface area contributed by atoms with Gasteiger partial charge < -0.3 is 25.0 Å². The summed E-state index contributed by atoms with van der Waals surface area (Å²) in [6.07, 6.45) is 1.48. The molecule has 0 unspecified atom stereocenters. The van der Waals surface area contributed by atoms with Gasteiger partial charge in [0.05, 0.1) is 50.7 Å². The van der Waals surface area contributed by atoms with Crippen molar-refractivity contribution in [1.82, 2.24) is 15.0 Å². The summed E-state index contributed by atoms with van der Waals surface area (Å²) in [7, 11) is 0. The Morgan fingerprint density at radius 3 is 2.84 bits per heavy atom. The van der Waals surface area contributed by atoms with E-state index in [2.05, 4.69) is 20.3 Å². The summed E-state index contributed by atoms with van der Waals surface area (Å²) >= 11 is 7.83. The predicted octanol–water partition coefficient (Wildman–Crippen LogP) is 3.37. The van der Waals surface area contributed by atoms with Gasteiger partial charge in [0.1, 0.15) is 11.8 Å². The molecule has 4 atom stereocenters. The number of pyridine rings is 1. The van der Waals surface area contributed by atoms with Gasteiger partial charge in [-0.05, 0) is 32.8 Å². The van der Waals surface area contributed by atoms with Crippen molar-refractivity contribution in [3.05, 3.63) is 34.4 Å². The third-order valence-electron chi connectivity index (χ3n) is 5.79. The van der Waals surface area contributed by atoms with Gasteiger partial charge in [0.15, 0.2) is 12.1 Å². The van der Waals surface area contributed by atoms with E-state index in [1.807, 2.05) is 6.92 Å². The molecule has 2 aliphatic rings. The Balaban J connectivity index is 1.52. The van der Waals surface area contributed by atoms with Gasteiger partial charge in [-0.2, -0.15) is 0 Å². The summed E-state index contributed by atoms with van der Waals surface area (Å²) in [6, 6.07) is -0.381. The lowest BCUT2D eigenvalue weighted by atomic mass is 10.00. The molecule has 0 saturated carbocycles. The number of ether oxygens (including phenoxy) is 2. The van der Waals surface area contributed by atoms with Crippen LogP contribution in [0.2, 0.25) is 5.02 Å². The van der Waals surface area contributed by atoms with Gasteiger partial charge in [-0.25, -0.2) is 14.4 Å². The molecule has 0 aromatic carbocycles. The maximum atomic E-state index is 14.8. The summed E-state index contributed by atoms with van der Waals surface area (Å²) in [5, 5.41) is 24.3. The van der Waals surface area contributed by atoms with Gasteiger partial charge in [0.25, 0.3) is 0 Å². The summed E-state index contributed by atoms with van der Waals surface area (Å²) in [5.41, 5.74) is 0.806. The lowest BCUT2D eigenvalue weighted by Gasteiger charge is -2.32. The number of aliphatic hydroxyl groups is 2. The fourth-order valence-corrected chi connectivity index (χ4v) is 5.74. The molecule has 0 spiro atoms. The topological polar surface area (TPSA) is 110 Å². The van der Waals surface area contributed by atoms with Crippen LogP contribution in [0.1, 0.15) is 31.4 Å². The highest BCUT2D eigenvalue weighted by atomic mass is 35.5. The van der Waals surface area contributed by atoms with E-state index in [0.717, 1.165) is 11.8 Å². The zero-order valence-electron chi connectivity index (χ0n) is 17.6. The Morgan fingerprint density at radius 1 is 1.31 bits per heavy atom. The number of fused-ring (bicyclic) bond motifs is 3. The number of aryl methyl sites for hydroxylation is 1. The minimum Gasteiger partial charge on any atom is -0.386 e. The van der Waals surface area contributed by atoms with E-state index in [1.165, 1.54) is 11.3 Å². The van der Waals surface area contributed by atoms with Crippen molar-refractivity contribution in [2.24, 2.45) is 0 Å². The van der Waals surface area contributed by atoms with Crippen molar-refractivity contribution in [1.29, 1.82) is 0 Å². The number of aliphatic hydroxyl groups excluding tert-OH is 1.